The van der Waals surface area contributed by atoms with Crippen molar-refractivity contribution in [3.63, 3.8) is 0 Å². The zero-order valence-corrected chi connectivity index (χ0v) is 21.6. The van der Waals surface area contributed by atoms with Gasteiger partial charge in [-0.15, -0.1) is 0 Å². The molecule has 0 radical (unpaired) electrons. The van der Waals surface area contributed by atoms with Crippen LogP contribution < -0.4 is 0 Å². The van der Waals surface area contributed by atoms with Gasteiger partial charge in [0, 0.05) is 37.0 Å². The number of fused-ring (bicyclic) bond motifs is 5. The van der Waals surface area contributed by atoms with Gasteiger partial charge in [0.1, 0.15) is 12.4 Å². The third-order valence-corrected chi connectivity index (χ3v) is 10.7. The molecular weight excluding hydrogens is 447 g/mol. The lowest BCUT2D eigenvalue weighted by molar-refractivity contribution is -0.202. The molecular formula is C29H41FO5. The van der Waals surface area contributed by atoms with Crippen molar-refractivity contribution in [1.82, 2.24) is 0 Å². The van der Waals surface area contributed by atoms with Crippen LogP contribution in [0.1, 0.15) is 85.5 Å². The van der Waals surface area contributed by atoms with Crippen LogP contribution in [0.2, 0.25) is 0 Å². The summed E-state index contributed by atoms with van der Waals surface area (Å²) in [7, 11) is 0. The number of carbonyl (C=O) groups is 3. The number of halogens is 1. The molecule has 6 heteroatoms. The van der Waals surface area contributed by atoms with Crippen LogP contribution >= 0.6 is 0 Å². The van der Waals surface area contributed by atoms with Crippen LogP contribution in [0.25, 0.3) is 0 Å². The number of Topliss-reactive ketones (excluding diaryl/α,β-unsaturated/α-hetero) is 2. The lowest BCUT2D eigenvalue weighted by Crippen LogP contribution is -2.67. The fourth-order valence-electron chi connectivity index (χ4n) is 8.68. The van der Waals surface area contributed by atoms with Gasteiger partial charge < -0.3 is 10.2 Å². The Morgan fingerprint density at radius 1 is 1.17 bits per heavy atom. The van der Waals surface area contributed by atoms with E-state index in [1.807, 2.05) is 19.9 Å². The number of unbranched alkanes of at least 4 members (excludes halogenated alkanes) is 1. The highest BCUT2D eigenvalue weighted by Gasteiger charge is 2.74. The molecule has 194 valence electrons. The van der Waals surface area contributed by atoms with E-state index in [1.54, 1.807) is 13.0 Å². The van der Waals surface area contributed by atoms with Gasteiger partial charge in [-0.25, -0.2) is 4.39 Å². The van der Waals surface area contributed by atoms with Crippen molar-refractivity contribution in [2.75, 3.05) is 6.61 Å². The van der Waals surface area contributed by atoms with Gasteiger partial charge in [0.05, 0.1) is 6.10 Å². The van der Waals surface area contributed by atoms with Crippen LogP contribution in [-0.2, 0) is 14.4 Å². The van der Waals surface area contributed by atoms with E-state index in [9.17, 15) is 24.6 Å². The number of carbonyl (C=O) groups excluding carboxylic acids is 3. The molecule has 0 aromatic rings. The summed E-state index contributed by atoms with van der Waals surface area (Å²) in [6, 6.07) is 0. The van der Waals surface area contributed by atoms with E-state index in [2.05, 4.69) is 6.92 Å². The SMILES string of the molecule is CCCCC(=O)C[C@]1(CC(=O)CO)[C@@H](C)C[C@H]2[C@@H]3CC=C4CC(=O)C=C[C@]4(C)[C@@]3(F)[C@@H](O)C[C@@]21C. The standard InChI is InChI=1S/C29H41FO5/c1-5-6-7-21(33)14-28(15-22(34)17-31)18(2)12-24-23-9-8-19-13-20(32)10-11-26(19,3)29(23,30)25(35)16-27(24,28)4/h8,10-11,18,23-25,31,35H,5-7,9,12-17H2,1-4H3/t18-,23-,24-,25-,26-,27-,28-,29-/m0/s1. The van der Waals surface area contributed by atoms with Crippen molar-refractivity contribution >= 4 is 17.3 Å². The zero-order valence-electron chi connectivity index (χ0n) is 21.6. The molecule has 35 heavy (non-hydrogen) atoms. The van der Waals surface area contributed by atoms with Crippen LogP contribution in [0, 0.1) is 34.0 Å². The molecule has 0 aliphatic heterocycles. The lowest BCUT2D eigenvalue weighted by Gasteiger charge is -2.63. The van der Waals surface area contributed by atoms with Crippen molar-refractivity contribution in [2.24, 2.45) is 34.0 Å². The molecule has 0 bridgehead atoms. The topological polar surface area (TPSA) is 91.7 Å². The summed E-state index contributed by atoms with van der Waals surface area (Å²) >= 11 is 0. The minimum atomic E-state index is -1.93. The first-order valence-electron chi connectivity index (χ1n) is 13.3. The molecule has 0 spiro atoms. The van der Waals surface area contributed by atoms with Crippen LogP contribution in [0.4, 0.5) is 4.39 Å². The van der Waals surface area contributed by atoms with Gasteiger partial charge in [0.25, 0.3) is 0 Å². The van der Waals surface area contributed by atoms with Gasteiger partial charge in [-0.2, -0.15) is 0 Å². The van der Waals surface area contributed by atoms with Gasteiger partial charge in [0.15, 0.2) is 17.2 Å². The van der Waals surface area contributed by atoms with E-state index >= 15 is 4.39 Å². The van der Waals surface area contributed by atoms with E-state index < -0.39 is 40.5 Å². The van der Waals surface area contributed by atoms with Gasteiger partial charge in [-0.3, -0.25) is 14.4 Å². The first kappa shape index (κ1) is 26.4. The van der Waals surface area contributed by atoms with Crippen LogP contribution in [0.3, 0.4) is 0 Å². The van der Waals surface area contributed by atoms with Gasteiger partial charge in [-0.1, -0.05) is 44.9 Å². The second kappa shape index (κ2) is 9.02. The molecule has 2 fully saturated rings. The van der Waals surface area contributed by atoms with Crippen molar-refractivity contribution in [3.05, 3.63) is 23.8 Å². The van der Waals surface area contributed by atoms with E-state index in [4.69, 9.17) is 0 Å². The highest BCUT2D eigenvalue weighted by Crippen LogP contribution is 2.74. The number of ketones is 3. The predicted octanol–water partition coefficient (Wildman–Crippen LogP) is 4.69. The molecule has 2 N–H and O–H groups in total. The number of aliphatic hydroxyl groups excluding tert-OH is 2. The number of hydrogen-bond acceptors (Lipinski definition) is 5. The molecule has 0 aromatic carbocycles. The number of alkyl halides is 1. The van der Waals surface area contributed by atoms with Crippen LogP contribution in [-0.4, -0.2) is 45.9 Å². The van der Waals surface area contributed by atoms with Gasteiger partial charge in [0.2, 0.25) is 0 Å². The Kier molecular flexibility index (Phi) is 6.81. The fourth-order valence-corrected chi connectivity index (χ4v) is 8.68. The predicted molar refractivity (Wildman–Crippen MR) is 131 cm³/mol. The summed E-state index contributed by atoms with van der Waals surface area (Å²) in [6.45, 7) is 7.35. The zero-order chi connectivity index (χ0) is 25.8. The molecule has 0 amide bonds. The fraction of sp³-hybridized carbons (Fsp3) is 0.759. The van der Waals surface area contributed by atoms with Gasteiger partial charge in [-0.05, 0) is 61.3 Å². The first-order chi connectivity index (χ1) is 16.4. The minimum Gasteiger partial charge on any atom is -0.390 e. The van der Waals surface area contributed by atoms with Crippen molar-refractivity contribution < 1.29 is 29.0 Å². The third kappa shape index (κ3) is 3.65. The van der Waals surface area contributed by atoms with Crippen molar-refractivity contribution in [3.8, 4) is 0 Å². The maximum Gasteiger partial charge on any atom is 0.159 e. The monoisotopic (exact) mass is 488 g/mol. The molecule has 4 aliphatic carbocycles. The molecule has 0 heterocycles. The van der Waals surface area contributed by atoms with E-state index in [1.165, 1.54) is 6.08 Å². The second-order valence-corrected chi connectivity index (χ2v) is 12.2. The van der Waals surface area contributed by atoms with Gasteiger partial charge >= 0.3 is 0 Å². The van der Waals surface area contributed by atoms with Crippen molar-refractivity contribution in [2.45, 2.75) is 97.3 Å². The summed E-state index contributed by atoms with van der Waals surface area (Å²) in [5, 5.41) is 21.2. The average molecular weight is 489 g/mol. The molecule has 4 aliphatic rings. The first-order valence-corrected chi connectivity index (χ1v) is 13.3. The van der Waals surface area contributed by atoms with E-state index in [0.717, 1.165) is 18.4 Å². The van der Waals surface area contributed by atoms with E-state index in [-0.39, 0.29) is 54.9 Å². The second-order valence-electron chi connectivity index (χ2n) is 12.2. The molecule has 0 aromatic heterocycles. The smallest absolute Gasteiger partial charge is 0.159 e. The molecule has 5 nitrogen and oxygen atoms in total. The number of hydrogen-bond donors (Lipinski definition) is 2. The number of rotatable bonds is 8. The Hall–Kier alpha value is -1.66. The maximum absolute atomic E-state index is 17.4. The third-order valence-electron chi connectivity index (χ3n) is 10.7. The number of allylic oxidation sites excluding steroid dienone is 4. The summed E-state index contributed by atoms with van der Waals surface area (Å²) < 4.78 is 17.4. The Balaban J connectivity index is 1.79. The van der Waals surface area contributed by atoms with Crippen molar-refractivity contribution in [1.29, 1.82) is 0 Å². The highest BCUT2D eigenvalue weighted by molar-refractivity contribution is 5.93. The summed E-state index contributed by atoms with van der Waals surface area (Å²) in [6.07, 6.45) is 7.66. The Morgan fingerprint density at radius 3 is 2.51 bits per heavy atom. The summed E-state index contributed by atoms with van der Waals surface area (Å²) in [5.41, 5.74) is -3.60. The maximum atomic E-state index is 17.4. The van der Waals surface area contributed by atoms with E-state index in [0.29, 0.717) is 19.3 Å². The molecule has 0 unspecified atom stereocenters. The Labute approximate surface area is 208 Å². The Morgan fingerprint density at radius 2 is 1.86 bits per heavy atom. The minimum absolute atomic E-state index is 0.0326. The molecule has 4 rings (SSSR count). The largest absolute Gasteiger partial charge is 0.390 e. The average Bonchev–Trinajstić information content (AvgIpc) is 3.00. The lowest BCUT2D eigenvalue weighted by atomic mass is 9.43. The molecule has 0 saturated heterocycles. The van der Waals surface area contributed by atoms with Crippen LogP contribution in [0.5, 0.6) is 0 Å². The Bertz CT molecular complexity index is 970. The number of aliphatic hydroxyl groups is 2. The highest BCUT2D eigenvalue weighted by atomic mass is 19.1. The normalized spacial score (nSPS) is 44.3. The quantitative estimate of drug-likeness (QED) is 0.484. The molecule has 2 saturated carbocycles. The molecule has 8 atom stereocenters. The summed E-state index contributed by atoms with van der Waals surface area (Å²) in [5.74, 6) is -0.897. The summed E-state index contributed by atoms with van der Waals surface area (Å²) in [4.78, 5) is 37.9. The van der Waals surface area contributed by atoms with Crippen LogP contribution in [0.15, 0.2) is 23.8 Å².